The van der Waals surface area contributed by atoms with Crippen LogP contribution in [0.1, 0.15) is 93.2 Å². The number of nitrogen functional groups attached to an aromatic ring is 1. The number of aryl methyl sites for hydroxylation is 1. The van der Waals surface area contributed by atoms with Crippen LogP contribution >= 0.6 is 0 Å². The predicted molar refractivity (Wildman–Crippen MR) is 154 cm³/mol. The van der Waals surface area contributed by atoms with E-state index in [-0.39, 0.29) is 18.1 Å². The second-order valence-corrected chi connectivity index (χ2v) is 10.5. The topological polar surface area (TPSA) is 48.1 Å². The van der Waals surface area contributed by atoms with E-state index >= 15 is 0 Å². The van der Waals surface area contributed by atoms with Crippen molar-refractivity contribution in [3.8, 4) is 5.88 Å². The molecule has 0 spiro atoms. The molecule has 0 saturated carbocycles. The van der Waals surface area contributed by atoms with Crippen LogP contribution < -0.4 is 10.5 Å². The summed E-state index contributed by atoms with van der Waals surface area (Å²) in [5.41, 5.74) is 14.2. The summed E-state index contributed by atoms with van der Waals surface area (Å²) in [5.74, 6) is -2.39. The van der Waals surface area contributed by atoms with Crippen LogP contribution in [0.25, 0.3) is 11.1 Å². The van der Waals surface area contributed by atoms with Crippen LogP contribution in [0.3, 0.4) is 0 Å². The van der Waals surface area contributed by atoms with Crippen molar-refractivity contribution in [2.24, 2.45) is 5.92 Å². The summed E-state index contributed by atoms with van der Waals surface area (Å²) in [7, 11) is 0. The van der Waals surface area contributed by atoms with Gasteiger partial charge in [0.2, 0.25) is 5.88 Å². The van der Waals surface area contributed by atoms with Gasteiger partial charge in [0.25, 0.3) is 5.92 Å². The Morgan fingerprint density at radius 2 is 1.76 bits per heavy atom. The highest BCUT2D eigenvalue weighted by Gasteiger charge is 2.31. The Hall–Kier alpha value is -3.21. The van der Waals surface area contributed by atoms with Gasteiger partial charge in [0.1, 0.15) is 0 Å². The van der Waals surface area contributed by atoms with Crippen molar-refractivity contribution in [1.29, 1.82) is 0 Å². The van der Waals surface area contributed by atoms with Gasteiger partial charge in [-0.3, -0.25) is 0 Å². The lowest BCUT2D eigenvalue weighted by Crippen LogP contribution is -2.12. The summed E-state index contributed by atoms with van der Waals surface area (Å²) in [6, 6.07) is 16.4. The lowest BCUT2D eigenvalue weighted by Gasteiger charge is -2.20. The maximum Gasteiger partial charge on any atom is 0.275 e. The Kier molecular flexibility index (Phi) is 8.86. The standard InChI is InChI=1S/C33H40F2N2O/c1-5-9-22(6-2)18-23-12-14-24(15-13-23)31-28(11-8-10-25-19-27(36)16-17-29(25)31)26-20-30(33(4,34)35)32(37-21-26)38-7-3/h12-17,19-22H,5-11,18,36H2,1-4H3. The monoisotopic (exact) mass is 518 g/mol. The number of pyridine rings is 1. The first kappa shape index (κ1) is 27.8. The lowest BCUT2D eigenvalue weighted by molar-refractivity contribution is 0.0139. The minimum atomic E-state index is -3.07. The molecule has 1 unspecified atom stereocenters. The number of alkyl halides is 2. The van der Waals surface area contributed by atoms with Crippen molar-refractivity contribution in [1.82, 2.24) is 4.98 Å². The second kappa shape index (κ2) is 12.1. The van der Waals surface area contributed by atoms with Gasteiger partial charge in [-0.15, -0.1) is 0 Å². The zero-order valence-corrected chi connectivity index (χ0v) is 23.1. The van der Waals surface area contributed by atoms with E-state index in [2.05, 4.69) is 49.2 Å². The van der Waals surface area contributed by atoms with Gasteiger partial charge in [-0.05, 0) is 95.7 Å². The first-order valence-electron chi connectivity index (χ1n) is 14.0. The van der Waals surface area contributed by atoms with Crippen LogP contribution in [0.4, 0.5) is 14.5 Å². The molecular formula is C33H40F2N2O. The van der Waals surface area contributed by atoms with Crippen molar-refractivity contribution in [3.05, 3.63) is 88.1 Å². The SMILES string of the molecule is CCCC(CC)Cc1ccc(C2=C(c3cnc(OCC)c(C(C)(F)F)c3)CCCc3cc(N)ccc32)cc1. The molecule has 1 aliphatic rings. The zero-order valence-electron chi connectivity index (χ0n) is 23.1. The normalized spacial score (nSPS) is 14.7. The smallest absolute Gasteiger partial charge is 0.275 e. The molecule has 1 aromatic heterocycles. The van der Waals surface area contributed by atoms with E-state index in [1.807, 2.05) is 12.1 Å². The average Bonchev–Trinajstić information content (AvgIpc) is 3.08. The van der Waals surface area contributed by atoms with Crippen LogP contribution in [0.2, 0.25) is 0 Å². The maximum absolute atomic E-state index is 14.7. The Bertz CT molecular complexity index is 1280. The summed E-state index contributed by atoms with van der Waals surface area (Å²) in [6.07, 6.45) is 8.89. The average molecular weight is 519 g/mol. The predicted octanol–water partition coefficient (Wildman–Crippen LogP) is 8.84. The largest absolute Gasteiger partial charge is 0.478 e. The van der Waals surface area contributed by atoms with E-state index in [0.29, 0.717) is 11.5 Å². The van der Waals surface area contributed by atoms with E-state index < -0.39 is 5.92 Å². The Balaban J connectivity index is 1.87. The highest BCUT2D eigenvalue weighted by molar-refractivity contribution is 6.00. The third-order valence-corrected chi connectivity index (χ3v) is 7.57. The molecule has 0 fully saturated rings. The fourth-order valence-corrected chi connectivity index (χ4v) is 5.61. The number of nitrogens with zero attached hydrogens (tertiary/aromatic N) is 1. The van der Waals surface area contributed by atoms with Crippen LogP contribution in [0.5, 0.6) is 5.88 Å². The van der Waals surface area contributed by atoms with Crippen molar-refractivity contribution >= 4 is 16.8 Å². The van der Waals surface area contributed by atoms with E-state index in [4.69, 9.17) is 10.5 Å². The van der Waals surface area contributed by atoms with Crippen molar-refractivity contribution < 1.29 is 13.5 Å². The maximum atomic E-state index is 14.7. The number of benzene rings is 2. The number of anilines is 1. The summed E-state index contributed by atoms with van der Waals surface area (Å²) in [5, 5.41) is 0. The molecule has 2 N–H and O–H groups in total. The second-order valence-electron chi connectivity index (χ2n) is 10.5. The minimum Gasteiger partial charge on any atom is -0.478 e. The number of ether oxygens (including phenoxy) is 1. The number of allylic oxidation sites excluding steroid dienone is 1. The molecule has 0 radical (unpaired) electrons. The molecule has 0 aliphatic heterocycles. The molecular weight excluding hydrogens is 478 g/mol. The number of rotatable bonds is 10. The van der Waals surface area contributed by atoms with Crippen molar-refractivity contribution in [2.75, 3.05) is 12.3 Å². The minimum absolute atomic E-state index is 0.00499. The summed E-state index contributed by atoms with van der Waals surface area (Å²) < 4.78 is 34.8. The fraction of sp³-hybridized carbons (Fsp3) is 0.424. The molecule has 5 heteroatoms. The molecule has 4 rings (SSSR count). The molecule has 2 aromatic carbocycles. The fourth-order valence-electron chi connectivity index (χ4n) is 5.61. The van der Waals surface area contributed by atoms with E-state index in [0.717, 1.165) is 60.6 Å². The molecule has 38 heavy (non-hydrogen) atoms. The van der Waals surface area contributed by atoms with E-state index in [9.17, 15) is 8.78 Å². The molecule has 202 valence electrons. The van der Waals surface area contributed by atoms with E-state index in [1.54, 1.807) is 19.2 Å². The van der Waals surface area contributed by atoms with Gasteiger partial charge in [0.15, 0.2) is 0 Å². The molecule has 3 aromatic rings. The first-order valence-corrected chi connectivity index (χ1v) is 14.0. The highest BCUT2D eigenvalue weighted by Crippen LogP contribution is 2.42. The summed E-state index contributed by atoms with van der Waals surface area (Å²) in [4.78, 5) is 4.36. The zero-order chi connectivity index (χ0) is 27.3. The molecule has 0 amide bonds. The number of fused-ring (bicyclic) bond motifs is 1. The first-order chi connectivity index (χ1) is 18.2. The number of halogens is 2. The van der Waals surface area contributed by atoms with Gasteiger partial charge >= 0.3 is 0 Å². The number of hydrogen-bond donors (Lipinski definition) is 1. The third-order valence-electron chi connectivity index (χ3n) is 7.57. The van der Waals surface area contributed by atoms with Gasteiger partial charge in [0.05, 0.1) is 12.2 Å². The number of nitrogens with two attached hydrogens (primary N) is 1. The Morgan fingerprint density at radius 3 is 2.42 bits per heavy atom. The molecule has 3 nitrogen and oxygen atoms in total. The van der Waals surface area contributed by atoms with Crippen molar-refractivity contribution in [3.63, 3.8) is 0 Å². The highest BCUT2D eigenvalue weighted by atomic mass is 19.3. The van der Waals surface area contributed by atoms with Crippen LogP contribution in [-0.4, -0.2) is 11.6 Å². The van der Waals surface area contributed by atoms with Gasteiger partial charge in [0, 0.05) is 18.8 Å². The molecule has 1 atom stereocenters. The van der Waals surface area contributed by atoms with Gasteiger partial charge in [-0.25, -0.2) is 13.8 Å². The van der Waals surface area contributed by atoms with Crippen LogP contribution in [0, 0.1) is 5.92 Å². The third kappa shape index (κ3) is 6.25. The number of hydrogen-bond acceptors (Lipinski definition) is 3. The van der Waals surface area contributed by atoms with Crippen LogP contribution in [0.15, 0.2) is 54.7 Å². The number of aromatic nitrogens is 1. The van der Waals surface area contributed by atoms with Crippen LogP contribution in [-0.2, 0) is 18.8 Å². The van der Waals surface area contributed by atoms with Gasteiger partial charge < -0.3 is 10.5 Å². The summed E-state index contributed by atoms with van der Waals surface area (Å²) in [6.45, 7) is 7.46. The summed E-state index contributed by atoms with van der Waals surface area (Å²) >= 11 is 0. The van der Waals surface area contributed by atoms with Gasteiger partial charge in [-0.2, -0.15) is 0 Å². The Morgan fingerprint density at radius 1 is 1.00 bits per heavy atom. The molecule has 0 saturated heterocycles. The molecule has 0 bridgehead atoms. The quantitative estimate of drug-likeness (QED) is 0.273. The molecule has 1 aliphatic carbocycles. The lowest BCUT2D eigenvalue weighted by atomic mass is 9.86. The van der Waals surface area contributed by atoms with Gasteiger partial charge in [-0.1, -0.05) is 63.4 Å². The van der Waals surface area contributed by atoms with E-state index in [1.165, 1.54) is 30.4 Å². The van der Waals surface area contributed by atoms with Crippen molar-refractivity contribution in [2.45, 2.75) is 78.6 Å². The molecule has 1 heterocycles. The Labute approximate surface area is 226 Å².